The van der Waals surface area contributed by atoms with Crippen LogP contribution < -0.4 is 0 Å². The van der Waals surface area contributed by atoms with Gasteiger partial charge in [0, 0.05) is 32.7 Å². The first kappa shape index (κ1) is 9.83. The Morgan fingerprint density at radius 2 is 2.00 bits per heavy atom. The molecule has 0 aromatic carbocycles. The maximum Gasteiger partial charge on any atom is 0 e. The Balaban J connectivity index is 0. The number of nitrogens with zero attached hydrogens (tertiary/aromatic N) is 1. The fourth-order valence-electron chi connectivity index (χ4n) is 0. The van der Waals surface area contributed by atoms with Crippen LogP contribution in [0.25, 0.3) is 5.73 Å². The van der Waals surface area contributed by atoms with Crippen LogP contribution in [0.3, 0.4) is 0 Å². The Labute approximate surface area is 62.1 Å². The first-order chi connectivity index (χ1) is 2.27. The fraction of sp³-hybridized carbons (Fsp3) is 1.00. The summed E-state index contributed by atoms with van der Waals surface area (Å²) < 4.78 is 0. The second kappa shape index (κ2) is 5.66. The SMILES string of the molecule is CC([NH-])N=N.[Y]. The predicted molar refractivity (Wildman–Crippen MR) is 18.9 cm³/mol. The van der Waals surface area contributed by atoms with Crippen molar-refractivity contribution in [2.24, 2.45) is 5.11 Å². The van der Waals surface area contributed by atoms with Crippen LogP contribution in [0.4, 0.5) is 0 Å². The second-order valence-corrected chi connectivity index (χ2v) is 0.805. The molecule has 0 amide bonds. The summed E-state index contributed by atoms with van der Waals surface area (Å²) in [5, 5.41) is 2.81. The molecule has 0 aliphatic carbocycles. The summed E-state index contributed by atoms with van der Waals surface area (Å²) >= 11 is 0. The van der Waals surface area contributed by atoms with Gasteiger partial charge in [-0.2, -0.15) is 0 Å². The van der Waals surface area contributed by atoms with E-state index in [1.165, 1.54) is 6.92 Å². The fourth-order valence-corrected chi connectivity index (χ4v) is 0. The molecule has 3 nitrogen and oxygen atoms in total. The number of nitrogens with one attached hydrogen (secondary N) is 2. The first-order valence-corrected chi connectivity index (χ1v) is 1.35. The maximum absolute atomic E-state index is 6.47. The Morgan fingerprint density at radius 3 is 2.00 bits per heavy atom. The van der Waals surface area contributed by atoms with Gasteiger partial charge < -0.3 is 5.73 Å². The van der Waals surface area contributed by atoms with Crippen LogP contribution >= 0.6 is 0 Å². The molecule has 1 unspecified atom stereocenters. The first-order valence-electron chi connectivity index (χ1n) is 1.35. The quantitative estimate of drug-likeness (QED) is 0.565. The molecular formula is C2H6N3Y-. The monoisotopic (exact) mass is 161 g/mol. The van der Waals surface area contributed by atoms with Crippen LogP contribution in [-0.4, -0.2) is 6.17 Å². The third-order valence-corrected chi connectivity index (χ3v) is 0.194. The van der Waals surface area contributed by atoms with Gasteiger partial charge in [0.25, 0.3) is 0 Å². The van der Waals surface area contributed by atoms with Gasteiger partial charge in [-0.25, -0.2) is 10.6 Å². The van der Waals surface area contributed by atoms with Crippen molar-refractivity contribution in [1.29, 1.82) is 5.53 Å². The van der Waals surface area contributed by atoms with Crippen molar-refractivity contribution in [3.8, 4) is 0 Å². The Kier molecular flexibility index (Phi) is 9.28. The van der Waals surface area contributed by atoms with Crippen LogP contribution in [0, 0.1) is 5.53 Å². The van der Waals surface area contributed by atoms with E-state index in [0.717, 1.165) is 0 Å². The van der Waals surface area contributed by atoms with Crippen LogP contribution in [0.5, 0.6) is 0 Å². The number of rotatable bonds is 1. The molecule has 0 spiro atoms. The van der Waals surface area contributed by atoms with E-state index in [4.69, 9.17) is 11.3 Å². The van der Waals surface area contributed by atoms with Crippen molar-refractivity contribution in [2.75, 3.05) is 0 Å². The Hall–Kier alpha value is 0.664. The largest absolute Gasteiger partial charge is 0.654 e. The van der Waals surface area contributed by atoms with Crippen LogP contribution in [0.2, 0.25) is 0 Å². The molecule has 0 aromatic heterocycles. The van der Waals surface area contributed by atoms with Gasteiger partial charge in [-0.3, -0.25) is 0 Å². The van der Waals surface area contributed by atoms with Crippen molar-refractivity contribution in [3.63, 3.8) is 0 Å². The average molecular weight is 161 g/mol. The summed E-state index contributed by atoms with van der Waals surface area (Å²) in [5.74, 6) is 0. The van der Waals surface area contributed by atoms with Gasteiger partial charge in [-0.15, -0.1) is 0 Å². The molecule has 33 valence electrons. The molecule has 0 saturated carbocycles. The van der Waals surface area contributed by atoms with Crippen molar-refractivity contribution in [1.82, 2.24) is 0 Å². The Bertz CT molecular complexity index is 35.8. The molecular weight excluding hydrogens is 155 g/mol. The van der Waals surface area contributed by atoms with E-state index in [1.807, 2.05) is 0 Å². The van der Waals surface area contributed by atoms with E-state index in [2.05, 4.69) is 5.11 Å². The summed E-state index contributed by atoms with van der Waals surface area (Å²) in [6.07, 6.45) is -0.574. The topological polar surface area (TPSA) is 60.0 Å². The van der Waals surface area contributed by atoms with E-state index in [0.29, 0.717) is 0 Å². The minimum atomic E-state index is -0.574. The van der Waals surface area contributed by atoms with E-state index in [9.17, 15) is 0 Å². The van der Waals surface area contributed by atoms with Gasteiger partial charge in [0.2, 0.25) is 0 Å². The van der Waals surface area contributed by atoms with Gasteiger partial charge in [-0.1, -0.05) is 6.92 Å². The third-order valence-electron chi connectivity index (χ3n) is 0.194. The molecule has 0 rings (SSSR count). The van der Waals surface area contributed by atoms with Crippen LogP contribution in [0.15, 0.2) is 5.11 Å². The average Bonchev–Trinajstić information content (AvgIpc) is 1.38. The molecule has 2 N–H and O–H groups in total. The van der Waals surface area contributed by atoms with E-state index in [1.54, 1.807) is 0 Å². The van der Waals surface area contributed by atoms with E-state index in [-0.39, 0.29) is 32.7 Å². The summed E-state index contributed by atoms with van der Waals surface area (Å²) in [7, 11) is 0. The zero-order chi connectivity index (χ0) is 4.28. The summed E-state index contributed by atoms with van der Waals surface area (Å²) in [5.41, 5.74) is 12.6. The molecule has 1 atom stereocenters. The molecule has 0 aliphatic heterocycles. The summed E-state index contributed by atoms with van der Waals surface area (Å²) in [6.45, 7) is 1.53. The molecule has 0 fully saturated rings. The van der Waals surface area contributed by atoms with Crippen molar-refractivity contribution < 1.29 is 32.7 Å². The van der Waals surface area contributed by atoms with Crippen LogP contribution in [-0.2, 0) is 32.7 Å². The maximum atomic E-state index is 6.47. The van der Waals surface area contributed by atoms with E-state index >= 15 is 0 Å². The van der Waals surface area contributed by atoms with Crippen molar-refractivity contribution in [2.45, 2.75) is 13.1 Å². The number of hydrogen-bond acceptors (Lipinski definition) is 2. The minimum absolute atomic E-state index is 0. The smallest absolute Gasteiger partial charge is 0 e. The molecule has 4 heteroatoms. The number of hydrogen-bond donors (Lipinski definition) is 1. The Morgan fingerprint density at radius 1 is 1.83 bits per heavy atom. The van der Waals surface area contributed by atoms with E-state index < -0.39 is 6.17 Å². The zero-order valence-corrected chi connectivity index (χ0v) is 6.44. The summed E-state index contributed by atoms with van der Waals surface area (Å²) in [6, 6.07) is 0. The van der Waals surface area contributed by atoms with Gasteiger partial charge >= 0.3 is 0 Å². The van der Waals surface area contributed by atoms with Crippen molar-refractivity contribution >= 4 is 0 Å². The van der Waals surface area contributed by atoms with Crippen molar-refractivity contribution in [3.05, 3.63) is 5.73 Å². The molecule has 0 aromatic rings. The molecule has 6 heavy (non-hydrogen) atoms. The standard InChI is InChI=1S/C2H6N3.Y/c1-2(3)5-4;/h2-4H,1H3;/q-1;. The molecule has 0 aliphatic rings. The van der Waals surface area contributed by atoms with Gasteiger partial charge in [0.1, 0.15) is 0 Å². The third kappa shape index (κ3) is 8.82. The minimum Gasteiger partial charge on any atom is -0.654 e. The zero-order valence-electron chi connectivity index (χ0n) is 3.60. The molecule has 0 saturated heterocycles. The normalized spacial score (nSPS) is 11.7. The molecule has 0 bridgehead atoms. The molecule has 0 heterocycles. The second-order valence-electron chi connectivity index (χ2n) is 0.805. The van der Waals surface area contributed by atoms with Gasteiger partial charge in [-0.05, 0) is 6.17 Å². The van der Waals surface area contributed by atoms with Gasteiger partial charge in [0.05, 0.1) is 0 Å². The summed E-state index contributed by atoms with van der Waals surface area (Å²) in [4.78, 5) is 0. The molecule has 1 radical (unpaired) electrons. The predicted octanol–water partition coefficient (Wildman–Crippen LogP) is 1.41. The van der Waals surface area contributed by atoms with Gasteiger partial charge in [0.15, 0.2) is 0 Å². The van der Waals surface area contributed by atoms with Crippen LogP contribution in [0.1, 0.15) is 6.92 Å².